The Morgan fingerprint density at radius 2 is 2.18 bits per heavy atom. The predicted octanol–water partition coefficient (Wildman–Crippen LogP) is 0.725. The molecule has 2 N–H and O–H groups in total. The van der Waals surface area contributed by atoms with E-state index in [2.05, 4.69) is 9.88 Å². The summed E-state index contributed by atoms with van der Waals surface area (Å²) in [5.41, 5.74) is 7.04. The summed E-state index contributed by atoms with van der Waals surface area (Å²) >= 11 is 0. The number of rotatable bonds is 6. The highest BCUT2D eigenvalue weighted by atomic mass is 16.2. The first-order valence-corrected chi connectivity index (χ1v) is 7.65. The van der Waals surface area contributed by atoms with Crippen LogP contribution in [0.5, 0.6) is 0 Å². The van der Waals surface area contributed by atoms with E-state index >= 15 is 0 Å². The van der Waals surface area contributed by atoms with Crippen LogP contribution in [0.25, 0.3) is 0 Å². The molecule has 1 unspecified atom stereocenters. The predicted molar refractivity (Wildman–Crippen MR) is 84.0 cm³/mol. The molecule has 6 nitrogen and oxygen atoms in total. The number of aromatic nitrogens is 1. The van der Waals surface area contributed by atoms with E-state index in [-0.39, 0.29) is 17.9 Å². The van der Waals surface area contributed by atoms with E-state index in [0.29, 0.717) is 19.4 Å². The summed E-state index contributed by atoms with van der Waals surface area (Å²) in [4.78, 5) is 31.3. The second-order valence-electron chi connectivity index (χ2n) is 5.94. The molecule has 2 heterocycles. The first-order chi connectivity index (χ1) is 10.5. The van der Waals surface area contributed by atoms with Gasteiger partial charge in [-0.1, -0.05) is 6.07 Å². The van der Waals surface area contributed by atoms with Gasteiger partial charge in [-0.3, -0.25) is 19.5 Å². The zero-order valence-corrected chi connectivity index (χ0v) is 13.3. The van der Waals surface area contributed by atoms with Gasteiger partial charge in [-0.05, 0) is 37.9 Å². The van der Waals surface area contributed by atoms with Gasteiger partial charge in [0.2, 0.25) is 11.8 Å². The van der Waals surface area contributed by atoms with Crippen LogP contribution in [0.3, 0.4) is 0 Å². The highest BCUT2D eigenvalue weighted by Crippen LogP contribution is 2.30. The monoisotopic (exact) mass is 304 g/mol. The number of amides is 2. The van der Waals surface area contributed by atoms with Gasteiger partial charge >= 0.3 is 0 Å². The molecule has 1 aromatic heterocycles. The number of hydrogen-bond donors (Lipinski definition) is 1. The number of hydrogen-bond acceptors (Lipinski definition) is 4. The van der Waals surface area contributed by atoms with Crippen molar-refractivity contribution < 1.29 is 9.59 Å². The maximum Gasteiger partial charge on any atom is 0.236 e. The minimum absolute atomic E-state index is 0.108. The van der Waals surface area contributed by atoms with Crippen molar-refractivity contribution in [1.82, 2.24) is 14.8 Å². The average Bonchev–Trinajstić information content (AvgIpc) is 2.93. The number of primary amides is 1. The summed E-state index contributed by atoms with van der Waals surface area (Å²) in [6.07, 6.45) is 2.95. The number of likely N-dealkylation sites (tertiary alicyclic amines) is 1. The average molecular weight is 304 g/mol. The summed E-state index contributed by atoms with van der Waals surface area (Å²) in [5.74, 6) is -0.206. The third kappa shape index (κ3) is 4.27. The van der Waals surface area contributed by atoms with Gasteiger partial charge < -0.3 is 10.6 Å². The minimum atomic E-state index is -0.314. The summed E-state index contributed by atoms with van der Waals surface area (Å²) in [7, 11) is 3.55. The highest BCUT2D eigenvalue weighted by Gasteiger charge is 2.29. The second kappa shape index (κ2) is 7.35. The smallest absolute Gasteiger partial charge is 0.236 e. The number of carbonyl (C=O) groups excluding carboxylic acids is 2. The lowest BCUT2D eigenvalue weighted by atomic mass is 10.1. The van der Waals surface area contributed by atoms with Crippen molar-refractivity contribution in [1.29, 1.82) is 0 Å². The first-order valence-electron chi connectivity index (χ1n) is 7.65. The van der Waals surface area contributed by atoms with Gasteiger partial charge in [0.25, 0.3) is 0 Å². The van der Waals surface area contributed by atoms with Crippen molar-refractivity contribution in [2.75, 3.05) is 27.2 Å². The van der Waals surface area contributed by atoms with Crippen molar-refractivity contribution in [3.8, 4) is 0 Å². The second-order valence-corrected chi connectivity index (χ2v) is 5.94. The van der Waals surface area contributed by atoms with Crippen LogP contribution in [0.15, 0.2) is 18.2 Å². The number of likely N-dealkylation sites (N-methyl/N-ethyl adjacent to an activating group) is 1. The van der Waals surface area contributed by atoms with Crippen molar-refractivity contribution in [2.45, 2.75) is 31.7 Å². The first kappa shape index (κ1) is 16.4. The number of carbonyl (C=O) groups is 2. The molecule has 6 heteroatoms. The molecule has 0 saturated carbocycles. The van der Waals surface area contributed by atoms with Crippen LogP contribution < -0.4 is 5.73 Å². The van der Waals surface area contributed by atoms with Gasteiger partial charge in [-0.15, -0.1) is 0 Å². The van der Waals surface area contributed by atoms with Crippen LogP contribution in [0.1, 0.15) is 36.7 Å². The molecule has 1 aromatic rings. The van der Waals surface area contributed by atoms with Gasteiger partial charge in [0, 0.05) is 26.2 Å². The lowest BCUT2D eigenvalue weighted by molar-refractivity contribution is -0.130. The maximum absolute atomic E-state index is 11.9. The van der Waals surface area contributed by atoms with Crippen LogP contribution in [0, 0.1) is 0 Å². The van der Waals surface area contributed by atoms with Gasteiger partial charge in [0.05, 0.1) is 18.3 Å². The largest absolute Gasteiger partial charge is 0.370 e. The Bertz CT molecular complexity index is 545. The molecule has 22 heavy (non-hydrogen) atoms. The van der Waals surface area contributed by atoms with E-state index in [4.69, 9.17) is 5.73 Å². The Morgan fingerprint density at radius 3 is 2.86 bits per heavy atom. The fourth-order valence-corrected chi connectivity index (χ4v) is 2.74. The van der Waals surface area contributed by atoms with Crippen LogP contribution in [0.4, 0.5) is 0 Å². The third-order valence-corrected chi connectivity index (χ3v) is 4.00. The Kier molecular flexibility index (Phi) is 5.49. The third-order valence-electron chi connectivity index (χ3n) is 4.00. The highest BCUT2D eigenvalue weighted by molar-refractivity contribution is 5.77. The number of nitrogens with zero attached hydrogens (tertiary/aromatic N) is 3. The summed E-state index contributed by atoms with van der Waals surface area (Å²) in [5, 5.41) is 0. The quantitative estimate of drug-likeness (QED) is 0.840. The lowest BCUT2D eigenvalue weighted by Crippen LogP contribution is -2.36. The molecule has 2 rings (SSSR count). The molecule has 1 atom stereocenters. The zero-order valence-electron chi connectivity index (χ0n) is 13.3. The van der Waals surface area contributed by atoms with E-state index in [1.54, 1.807) is 19.0 Å². The Balaban J connectivity index is 2.07. The Labute approximate surface area is 131 Å². The fraction of sp³-hybridized carbons (Fsp3) is 0.562. The summed E-state index contributed by atoms with van der Waals surface area (Å²) in [6, 6.07) is 6.05. The van der Waals surface area contributed by atoms with Gasteiger partial charge in [-0.25, -0.2) is 0 Å². The fourth-order valence-electron chi connectivity index (χ4n) is 2.74. The molecule has 0 radical (unpaired) electrons. The number of pyridine rings is 1. The van der Waals surface area contributed by atoms with E-state index < -0.39 is 0 Å². The van der Waals surface area contributed by atoms with E-state index in [0.717, 1.165) is 30.8 Å². The Hall–Kier alpha value is -1.95. The molecular formula is C16H24N4O2. The number of nitrogens with two attached hydrogens (primary N) is 1. The van der Waals surface area contributed by atoms with E-state index in [9.17, 15) is 9.59 Å². The zero-order chi connectivity index (χ0) is 16.1. The molecule has 1 aliphatic rings. The van der Waals surface area contributed by atoms with Crippen molar-refractivity contribution in [2.24, 2.45) is 5.73 Å². The van der Waals surface area contributed by atoms with Crippen LogP contribution in [-0.2, 0) is 16.0 Å². The van der Waals surface area contributed by atoms with E-state index in [1.165, 1.54) is 0 Å². The minimum Gasteiger partial charge on any atom is -0.370 e. The molecule has 0 aliphatic carbocycles. The van der Waals surface area contributed by atoms with Crippen molar-refractivity contribution in [3.05, 3.63) is 29.6 Å². The SMILES string of the molecule is CN(C)C(=O)CN1CCCC1c1cccc(CCC(N)=O)n1. The normalized spacial score (nSPS) is 18.4. The summed E-state index contributed by atoms with van der Waals surface area (Å²) < 4.78 is 0. The van der Waals surface area contributed by atoms with Gasteiger partial charge in [0.1, 0.15) is 0 Å². The van der Waals surface area contributed by atoms with Crippen molar-refractivity contribution in [3.63, 3.8) is 0 Å². The molecule has 2 amide bonds. The lowest BCUT2D eigenvalue weighted by Gasteiger charge is -2.25. The Morgan fingerprint density at radius 1 is 1.41 bits per heavy atom. The van der Waals surface area contributed by atoms with Crippen LogP contribution >= 0.6 is 0 Å². The standard InChI is InChI=1S/C16H24N4O2/c1-19(2)16(22)11-20-10-4-7-14(20)13-6-3-5-12(18-13)8-9-15(17)21/h3,5-6,14H,4,7-11H2,1-2H3,(H2,17,21). The topological polar surface area (TPSA) is 79.5 Å². The molecule has 0 aromatic carbocycles. The molecule has 120 valence electrons. The van der Waals surface area contributed by atoms with Crippen LogP contribution in [0.2, 0.25) is 0 Å². The summed E-state index contributed by atoms with van der Waals surface area (Å²) in [6.45, 7) is 1.34. The van der Waals surface area contributed by atoms with E-state index in [1.807, 2.05) is 18.2 Å². The molecule has 1 fully saturated rings. The molecule has 1 aliphatic heterocycles. The molecule has 0 bridgehead atoms. The molecule has 0 spiro atoms. The van der Waals surface area contributed by atoms with Gasteiger partial charge in [-0.2, -0.15) is 0 Å². The number of aryl methyl sites for hydroxylation is 1. The molecule has 1 saturated heterocycles. The maximum atomic E-state index is 11.9. The van der Waals surface area contributed by atoms with Gasteiger partial charge in [0.15, 0.2) is 0 Å². The van der Waals surface area contributed by atoms with Crippen LogP contribution in [-0.4, -0.2) is 53.8 Å². The molecular weight excluding hydrogens is 280 g/mol. The van der Waals surface area contributed by atoms with Crippen molar-refractivity contribution >= 4 is 11.8 Å².